The summed E-state index contributed by atoms with van der Waals surface area (Å²) in [4.78, 5) is 22.8. The highest BCUT2D eigenvalue weighted by Gasteiger charge is 2.35. The summed E-state index contributed by atoms with van der Waals surface area (Å²) in [6.07, 6.45) is 9.86. The Morgan fingerprint density at radius 3 is 2.65 bits per heavy atom. The number of hydrogen-bond acceptors (Lipinski definition) is 3. The SMILES string of the molecule is CCCCC(F)(F)C(=O)C=C=C1CCC[C@@H]1CCCCCCC(=O)OC. The molecule has 0 aliphatic heterocycles. The van der Waals surface area contributed by atoms with Crippen molar-refractivity contribution in [1.29, 1.82) is 0 Å². The number of carbonyl (C=O) groups excluding carboxylic acids is 2. The first-order chi connectivity index (χ1) is 12.4. The summed E-state index contributed by atoms with van der Waals surface area (Å²) >= 11 is 0. The highest BCUT2D eigenvalue weighted by Crippen LogP contribution is 2.34. The molecule has 3 nitrogen and oxygen atoms in total. The van der Waals surface area contributed by atoms with Gasteiger partial charge in [-0.1, -0.05) is 32.6 Å². The van der Waals surface area contributed by atoms with E-state index in [2.05, 4.69) is 10.5 Å². The van der Waals surface area contributed by atoms with Crippen molar-refractivity contribution in [3.05, 3.63) is 17.4 Å². The zero-order valence-corrected chi connectivity index (χ0v) is 16.1. The lowest BCUT2D eigenvalue weighted by Gasteiger charge is -2.12. The van der Waals surface area contributed by atoms with Gasteiger partial charge in [-0.25, -0.2) is 0 Å². The molecule has 0 amide bonds. The number of alkyl halides is 2. The van der Waals surface area contributed by atoms with E-state index in [1.165, 1.54) is 7.11 Å². The Bertz CT molecular complexity index is 519. The number of hydrogen-bond donors (Lipinski definition) is 0. The van der Waals surface area contributed by atoms with Gasteiger partial charge in [0.2, 0.25) is 5.78 Å². The average Bonchev–Trinajstić information content (AvgIpc) is 3.07. The number of ether oxygens (including phenoxy) is 1. The first kappa shape index (κ1) is 22.6. The van der Waals surface area contributed by atoms with Crippen molar-refractivity contribution >= 4 is 11.8 Å². The Hall–Kier alpha value is -1.48. The maximum atomic E-state index is 13.7. The third-order valence-electron chi connectivity index (χ3n) is 5.00. The number of carbonyl (C=O) groups is 2. The Labute approximate surface area is 155 Å². The predicted octanol–water partition coefficient (Wildman–Crippen LogP) is 5.78. The number of methoxy groups -OCH3 is 1. The Balaban J connectivity index is 2.42. The summed E-state index contributed by atoms with van der Waals surface area (Å²) in [6.45, 7) is 1.83. The van der Waals surface area contributed by atoms with Crippen molar-refractivity contribution in [2.75, 3.05) is 7.11 Å². The largest absolute Gasteiger partial charge is 0.469 e. The summed E-state index contributed by atoms with van der Waals surface area (Å²) in [6, 6.07) is 0. The molecular weight excluding hydrogens is 338 g/mol. The van der Waals surface area contributed by atoms with Crippen LogP contribution in [0.1, 0.15) is 84.0 Å². The minimum absolute atomic E-state index is 0.170. The lowest BCUT2D eigenvalue weighted by Crippen LogP contribution is -2.26. The maximum absolute atomic E-state index is 13.7. The van der Waals surface area contributed by atoms with Gasteiger partial charge in [-0.3, -0.25) is 9.59 Å². The third-order valence-corrected chi connectivity index (χ3v) is 5.00. The molecule has 1 rings (SSSR count). The van der Waals surface area contributed by atoms with Gasteiger partial charge in [-0.05, 0) is 50.0 Å². The molecule has 0 heterocycles. The van der Waals surface area contributed by atoms with Crippen molar-refractivity contribution in [2.45, 2.75) is 89.9 Å². The predicted molar refractivity (Wildman–Crippen MR) is 98.1 cm³/mol. The van der Waals surface area contributed by atoms with Crippen molar-refractivity contribution in [1.82, 2.24) is 0 Å². The molecule has 26 heavy (non-hydrogen) atoms. The van der Waals surface area contributed by atoms with Crippen LogP contribution in [0.4, 0.5) is 8.78 Å². The van der Waals surface area contributed by atoms with Crippen LogP contribution in [-0.4, -0.2) is 24.8 Å². The number of unbranched alkanes of at least 4 members (excludes halogenated alkanes) is 4. The molecule has 0 N–H and O–H groups in total. The van der Waals surface area contributed by atoms with Gasteiger partial charge in [0.15, 0.2) is 0 Å². The standard InChI is InChI=1S/C21H32F2O3/c1-3-4-16-21(22,23)19(24)15-14-18-12-9-11-17(18)10-7-5-6-8-13-20(25)26-2/h15,17H,3-13,16H2,1-2H3/t14?,17-/m0/s1. The van der Waals surface area contributed by atoms with Crippen LogP contribution < -0.4 is 0 Å². The zero-order valence-electron chi connectivity index (χ0n) is 16.1. The van der Waals surface area contributed by atoms with Crippen molar-refractivity contribution < 1.29 is 23.1 Å². The molecule has 1 atom stereocenters. The number of rotatable bonds is 12. The molecule has 0 bridgehead atoms. The monoisotopic (exact) mass is 370 g/mol. The van der Waals surface area contributed by atoms with Crippen LogP contribution in [0.25, 0.3) is 0 Å². The van der Waals surface area contributed by atoms with Gasteiger partial charge < -0.3 is 4.74 Å². The Morgan fingerprint density at radius 1 is 1.23 bits per heavy atom. The first-order valence-electron chi connectivity index (χ1n) is 9.85. The number of ketones is 1. The minimum atomic E-state index is -3.27. The number of esters is 1. The topological polar surface area (TPSA) is 43.4 Å². The second-order valence-electron chi connectivity index (χ2n) is 7.10. The van der Waals surface area contributed by atoms with Crippen LogP contribution in [0.5, 0.6) is 0 Å². The van der Waals surface area contributed by atoms with E-state index in [1.807, 2.05) is 6.92 Å². The lowest BCUT2D eigenvalue weighted by molar-refractivity contribution is -0.140. The van der Waals surface area contributed by atoms with E-state index in [4.69, 9.17) is 0 Å². The molecule has 0 spiro atoms. The Morgan fingerprint density at radius 2 is 1.96 bits per heavy atom. The van der Waals surface area contributed by atoms with Gasteiger partial charge in [0.1, 0.15) is 0 Å². The van der Waals surface area contributed by atoms with Crippen LogP contribution in [0.15, 0.2) is 17.4 Å². The second kappa shape index (κ2) is 12.0. The molecule has 1 saturated carbocycles. The van der Waals surface area contributed by atoms with E-state index in [0.717, 1.165) is 63.0 Å². The molecule has 1 aliphatic rings. The van der Waals surface area contributed by atoms with Crippen LogP contribution in [0.3, 0.4) is 0 Å². The summed E-state index contributed by atoms with van der Waals surface area (Å²) < 4.78 is 32.0. The van der Waals surface area contributed by atoms with Gasteiger partial charge in [0.25, 0.3) is 0 Å². The maximum Gasteiger partial charge on any atom is 0.309 e. The lowest BCUT2D eigenvalue weighted by atomic mass is 9.95. The van der Waals surface area contributed by atoms with Crippen LogP contribution in [0, 0.1) is 5.92 Å². The minimum Gasteiger partial charge on any atom is -0.469 e. The highest BCUT2D eigenvalue weighted by molar-refractivity contribution is 5.95. The molecule has 1 aliphatic carbocycles. The summed E-state index contributed by atoms with van der Waals surface area (Å²) in [5.74, 6) is -4.20. The van der Waals surface area contributed by atoms with Gasteiger partial charge in [-0.2, -0.15) is 8.78 Å². The van der Waals surface area contributed by atoms with Crippen molar-refractivity contribution in [2.24, 2.45) is 5.92 Å². The first-order valence-corrected chi connectivity index (χ1v) is 9.85. The average molecular weight is 370 g/mol. The van der Waals surface area contributed by atoms with Gasteiger partial charge in [0, 0.05) is 18.9 Å². The van der Waals surface area contributed by atoms with E-state index in [-0.39, 0.29) is 12.4 Å². The summed E-state index contributed by atoms with van der Waals surface area (Å²) in [5, 5.41) is 0. The smallest absolute Gasteiger partial charge is 0.309 e. The second-order valence-corrected chi connectivity index (χ2v) is 7.10. The quantitative estimate of drug-likeness (QED) is 0.189. The summed E-state index contributed by atoms with van der Waals surface area (Å²) in [5.41, 5.74) is 3.90. The molecule has 0 aromatic carbocycles. The molecule has 0 aromatic rings. The molecule has 0 aromatic heterocycles. The molecule has 1 fully saturated rings. The normalized spacial score (nSPS) is 17.1. The molecular formula is C21H32F2O3. The summed E-state index contributed by atoms with van der Waals surface area (Å²) in [7, 11) is 1.40. The van der Waals surface area contributed by atoms with Crippen LogP contribution >= 0.6 is 0 Å². The molecule has 148 valence electrons. The molecule has 0 unspecified atom stereocenters. The number of allylic oxidation sites excluding steroid dienone is 1. The van der Waals surface area contributed by atoms with Gasteiger partial charge in [0.05, 0.1) is 7.11 Å². The van der Waals surface area contributed by atoms with E-state index in [0.29, 0.717) is 25.2 Å². The van der Waals surface area contributed by atoms with Crippen LogP contribution in [0.2, 0.25) is 0 Å². The van der Waals surface area contributed by atoms with Crippen LogP contribution in [-0.2, 0) is 14.3 Å². The van der Waals surface area contributed by atoms with E-state index in [1.54, 1.807) is 0 Å². The van der Waals surface area contributed by atoms with E-state index >= 15 is 0 Å². The molecule has 0 radical (unpaired) electrons. The Kier molecular flexibility index (Phi) is 10.4. The third kappa shape index (κ3) is 8.27. The van der Waals surface area contributed by atoms with Gasteiger partial charge >= 0.3 is 11.9 Å². The fourth-order valence-corrected chi connectivity index (χ4v) is 3.33. The fourth-order valence-electron chi connectivity index (χ4n) is 3.33. The van der Waals surface area contributed by atoms with Crippen molar-refractivity contribution in [3.8, 4) is 0 Å². The number of halogens is 2. The molecule has 0 saturated heterocycles. The highest BCUT2D eigenvalue weighted by atomic mass is 19.3. The zero-order chi connectivity index (χ0) is 19.4. The van der Waals surface area contributed by atoms with E-state index in [9.17, 15) is 18.4 Å². The van der Waals surface area contributed by atoms with Crippen molar-refractivity contribution in [3.63, 3.8) is 0 Å². The van der Waals surface area contributed by atoms with E-state index < -0.39 is 11.7 Å². The molecule has 5 heteroatoms. The van der Waals surface area contributed by atoms with Gasteiger partial charge in [-0.15, -0.1) is 5.73 Å². The fraction of sp³-hybridized carbons (Fsp3) is 0.762.